The first-order valence-electron chi connectivity index (χ1n) is 7.84. The Kier molecular flexibility index (Phi) is 4.92. The summed E-state index contributed by atoms with van der Waals surface area (Å²) >= 11 is 0. The van der Waals surface area contributed by atoms with Gasteiger partial charge in [-0.05, 0) is 50.2 Å². The predicted octanol–water partition coefficient (Wildman–Crippen LogP) is 4.26. The zero-order valence-corrected chi connectivity index (χ0v) is 13.8. The van der Waals surface area contributed by atoms with Gasteiger partial charge in [0.15, 0.2) is 0 Å². The second kappa shape index (κ2) is 6.50. The third-order valence-corrected chi connectivity index (χ3v) is 5.16. The maximum Gasteiger partial charge on any atom is 0.219 e. The standard InChI is InChI=1S/C18H27NO2/c1-12-9-13(2)18(15(4)14(12)3)11-19(16(5)20)10-17-7-6-8-21-17/h6-8,13,15,18H,9-11H2,1-5H3/t13-,15-,18+/m0/s1. The van der Waals surface area contributed by atoms with Crippen LogP contribution < -0.4 is 0 Å². The molecule has 0 fully saturated rings. The summed E-state index contributed by atoms with van der Waals surface area (Å²) in [5, 5.41) is 0. The monoisotopic (exact) mass is 289 g/mol. The molecule has 1 amide bonds. The van der Waals surface area contributed by atoms with Crippen LogP contribution in [-0.4, -0.2) is 17.4 Å². The highest BCUT2D eigenvalue weighted by atomic mass is 16.3. The molecule has 0 saturated heterocycles. The van der Waals surface area contributed by atoms with Crippen LogP contribution in [0.1, 0.15) is 46.8 Å². The van der Waals surface area contributed by atoms with E-state index in [-0.39, 0.29) is 5.91 Å². The van der Waals surface area contributed by atoms with Crippen molar-refractivity contribution < 1.29 is 9.21 Å². The summed E-state index contributed by atoms with van der Waals surface area (Å²) in [6.07, 6.45) is 2.81. The molecule has 1 aromatic rings. The predicted molar refractivity (Wildman–Crippen MR) is 84.6 cm³/mol. The first-order valence-corrected chi connectivity index (χ1v) is 7.84. The molecule has 3 heteroatoms. The maximum atomic E-state index is 12.0. The van der Waals surface area contributed by atoms with Crippen LogP contribution in [0.2, 0.25) is 0 Å². The van der Waals surface area contributed by atoms with Crippen LogP contribution in [0.3, 0.4) is 0 Å². The number of hydrogen-bond acceptors (Lipinski definition) is 2. The van der Waals surface area contributed by atoms with Crippen molar-refractivity contribution in [2.45, 2.75) is 47.6 Å². The van der Waals surface area contributed by atoms with Crippen LogP contribution >= 0.6 is 0 Å². The van der Waals surface area contributed by atoms with Crippen molar-refractivity contribution in [2.24, 2.45) is 17.8 Å². The van der Waals surface area contributed by atoms with E-state index in [1.54, 1.807) is 13.2 Å². The third kappa shape index (κ3) is 3.58. The molecule has 0 saturated carbocycles. The lowest BCUT2D eigenvalue weighted by molar-refractivity contribution is -0.130. The van der Waals surface area contributed by atoms with Crippen molar-refractivity contribution >= 4 is 5.91 Å². The van der Waals surface area contributed by atoms with Gasteiger partial charge in [-0.15, -0.1) is 0 Å². The molecule has 0 spiro atoms. The summed E-state index contributed by atoms with van der Waals surface area (Å²) in [4.78, 5) is 13.9. The maximum absolute atomic E-state index is 12.0. The quantitative estimate of drug-likeness (QED) is 0.776. The lowest BCUT2D eigenvalue weighted by Gasteiger charge is -2.39. The highest BCUT2D eigenvalue weighted by molar-refractivity contribution is 5.73. The third-order valence-electron chi connectivity index (χ3n) is 5.16. The number of allylic oxidation sites excluding steroid dienone is 2. The van der Waals surface area contributed by atoms with Crippen molar-refractivity contribution in [1.82, 2.24) is 4.90 Å². The van der Waals surface area contributed by atoms with Crippen molar-refractivity contribution in [3.05, 3.63) is 35.3 Å². The second-order valence-electron chi connectivity index (χ2n) is 6.58. The minimum atomic E-state index is 0.120. The molecular weight excluding hydrogens is 262 g/mol. The normalized spacial score (nSPS) is 26.0. The molecule has 3 atom stereocenters. The fourth-order valence-corrected chi connectivity index (χ4v) is 3.49. The Labute approximate surface area is 128 Å². The Morgan fingerprint density at radius 1 is 1.38 bits per heavy atom. The highest BCUT2D eigenvalue weighted by Gasteiger charge is 2.32. The van der Waals surface area contributed by atoms with Crippen molar-refractivity contribution in [1.29, 1.82) is 0 Å². The van der Waals surface area contributed by atoms with Crippen molar-refractivity contribution in [3.8, 4) is 0 Å². The van der Waals surface area contributed by atoms with E-state index >= 15 is 0 Å². The lowest BCUT2D eigenvalue weighted by Crippen LogP contribution is -2.39. The van der Waals surface area contributed by atoms with Gasteiger partial charge in [-0.1, -0.05) is 25.0 Å². The second-order valence-corrected chi connectivity index (χ2v) is 6.58. The minimum absolute atomic E-state index is 0.120. The smallest absolute Gasteiger partial charge is 0.219 e. The van der Waals surface area contributed by atoms with E-state index in [0.29, 0.717) is 24.3 Å². The number of nitrogens with zero attached hydrogens (tertiary/aromatic N) is 1. The molecule has 116 valence electrons. The number of rotatable bonds is 4. The summed E-state index contributed by atoms with van der Waals surface area (Å²) in [5.74, 6) is 2.64. The van der Waals surface area contributed by atoms with E-state index in [1.807, 2.05) is 17.0 Å². The SMILES string of the molecule is CC(=O)N(Cc1ccco1)C[C@@H]1[C@@H](C)CC(C)=C(C)[C@@H]1C. The Morgan fingerprint density at radius 2 is 2.10 bits per heavy atom. The molecule has 1 aliphatic rings. The van der Waals surface area contributed by atoms with E-state index in [4.69, 9.17) is 4.42 Å². The number of amides is 1. The van der Waals surface area contributed by atoms with Crippen LogP contribution in [0.5, 0.6) is 0 Å². The zero-order valence-electron chi connectivity index (χ0n) is 13.8. The fraction of sp³-hybridized carbons (Fsp3) is 0.611. The summed E-state index contributed by atoms with van der Waals surface area (Å²) in [6, 6.07) is 3.80. The fourth-order valence-electron chi connectivity index (χ4n) is 3.49. The van der Waals surface area contributed by atoms with Crippen LogP contribution in [0.15, 0.2) is 34.0 Å². The first-order chi connectivity index (χ1) is 9.90. The van der Waals surface area contributed by atoms with Gasteiger partial charge in [-0.25, -0.2) is 0 Å². The average Bonchev–Trinajstić information content (AvgIpc) is 2.92. The summed E-state index contributed by atoms with van der Waals surface area (Å²) in [6.45, 7) is 12.1. The molecule has 1 aromatic heterocycles. The van der Waals surface area contributed by atoms with Gasteiger partial charge in [-0.3, -0.25) is 4.79 Å². The van der Waals surface area contributed by atoms with Crippen molar-refractivity contribution in [3.63, 3.8) is 0 Å². The van der Waals surface area contributed by atoms with Crippen LogP contribution in [0, 0.1) is 17.8 Å². The van der Waals surface area contributed by atoms with Gasteiger partial charge in [0.25, 0.3) is 0 Å². The molecule has 21 heavy (non-hydrogen) atoms. The van der Waals surface area contributed by atoms with E-state index in [2.05, 4.69) is 27.7 Å². The minimum Gasteiger partial charge on any atom is -0.467 e. The topological polar surface area (TPSA) is 33.5 Å². The largest absolute Gasteiger partial charge is 0.467 e. The Hall–Kier alpha value is -1.51. The van der Waals surface area contributed by atoms with Gasteiger partial charge in [-0.2, -0.15) is 0 Å². The molecule has 0 bridgehead atoms. The highest BCUT2D eigenvalue weighted by Crippen LogP contribution is 2.38. The van der Waals surface area contributed by atoms with Gasteiger partial charge in [0.1, 0.15) is 5.76 Å². The molecule has 2 rings (SSSR count). The average molecular weight is 289 g/mol. The van der Waals surface area contributed by atoms with Gasteiger partial charge >= 0.3 is 0 Å². The number of furan rings is 1. The van der Waals surface area contributed by atoms with Crippen LogP contribution in [0.25, 0.3) is 0 Å². The van der Waals surface area contributed by atoms with E-state index in [9.17, 15) is 4.79 Å². The Morgan fingerprint density at radius 3 is 2.67 bits per heavy atom. The summed E-state index contributed by atoms with van der Waals surface area (Å²) in [7, 11) is 0. The summed E-state index contributed by atoms with van der Waals surface area (Å²) in [5.41, 5.74) is 3.02. The van der Waals surface area contributed by atoms with Gasteiger partial charge < -0.3 is 9.32 Å². The van der Waals surface area contributed by atoms with Gasteiger partial charge in [0.05, 0.1) is 12.8 Å². The molecule has 0 radical (unpaired) electrons. The lowest BCUT2D eigenvalue weighted by atomic mass is 9.71. The number of hydrogen-bond donors (Lipinski definition) is 0. The van der Waals surface area contributed by atoms with Gasteiger partial charge in [0, 0.05) is 13.5 Å². The molecule has 0 aromatic carbocycles. The van der Waals surface area contributed by atoms with Crippen LogP contribution in [-0.2, 0) is 11.3 Å². The van der Waals surface area contributed by atoms with E-state index < -0.39 is 0 Å². The first kappa shape index (κ1) is 15.9. The summed E-state index contributed by atoms with van der Waals surface area (Å²) < 4.78 is 5.39. The number of carbonyl (C=O) groups excluding carboxylic acids is 1. The van der Waals surface area contributed by atoms with E-state index in [1.165, 1.54) is 11.1 Å². The van der Waals surface area contributed by atoms with Crippen LogP contribution in [0.4, 0.5) is 0 Å². The van der Waals surface area contributed by atoms with Gasteiger partial charge in [0.2, 0.25) is 5.91 Å². The molecule has 3 nitrogen and oxygen atoms in total. The van der Waals surface area contributed by atoms with Crippen molar-refractivity contribution in [2.75, 3.05) is 6.54 Å². The molecule has 1 heterocycles. The molecule has 1 aliphatic carbocycles. The molecule has 0 N–H and O–H groups in total. The molecular formula is C18H27NO2. The number of carbonyl (C=O) groups is 1. The Bertz CT molecular complexity index is 515. The van der Waals surface area contributed by atoms with E-state index in [0.717, 1.165) is 18.7 Å². The Balaban J connectivity index is 2.11. The molecule has 0 aliphatic heterocycles. The zero-order chi connectivity index (χ0) is 15.6. The molecule has 0 unspecified atom stereocenters.